The maximum Gasteiger partial charge on any atom is 0.337 e. The van der Waals surface area contributed by atoms with Crippen LogP contribution in [0.25, 0.3) is 11.3 Å². The number of hydrogen-bond acceptors (Lipinski definition) is 8. The first-order valence-corrected chi connectivity index (χ1v) is 8.93. The standard InChI is InChI=1S/C20H15F2N7O2/c1-31-18(30)12-4-2-11(3-5-12)16-9-17(29-28-16)26-20-24-10-23-19(27-20)25-15-7-13(21)6-14(22)8-15/h2-10H,1H3,(H3,23,24,25,26,27,28,29). The van der Waals surface area contributed by atoms with Gasteiger partial charge in [-0.3, -0.25) is 5.10 Å². The van der Waals surface area contributed by atoms with Crippen LogP contribution in [0.15, 0.2) is 54.9 Å². The molecule has 0 saturated carbocycles. The summed E-state index contributed by atoms with van der Waals surface area (Å²) < 4.78 is 31.4. The Bertz CT molecular complexity index is 1210. The van der Waals surface area contributed by atoms with Gasteiger partial charge in [0, 0.05) is 17.8 Å². The molecule has 0 aliphatic rings. The highest BCUT2D eigenvalue weighted by atomic mass is 19.1. The molecule has 4 aromatic rings. The number of carbonyl (C=O) groups is 1. The molecule has 2 aromatic heterocycles. The van der Waals surface area contributed by atoms with Crippen molar-refractivity contribution in [1.82, 2.24) is 25.1 Å². The molecule has 3 N–H and O–H groups in total. The highest BCUT2D eigenvalue weighted by molar-refractivity contribution is 5.89. The summed E-state index contributed by atoms with van der Waals surface area (Å²) in [5, 5.41) is 12.7. The summed E-state index contributed by atoms with van der Waals surface area (Å²) in [6.07, 6.45) is 1.24. The molecule has 0 atom stereocenters. The molecule has 2 heterocycles. The molecular weight excluding hydrogens is 408 g/mol. The highest BCUT2D eigenvalue weighted by Gasteiger charge is 2.09. The van der Waals surface area contributed by atoms with Gasteiger partial charge in [-0.1, -0.05) is 12.1 Å². The zero-order valence-electron chi connectivity index (χ0n) is 16.1. The maximum atomic E-state index is 13.3. The summed E-state index contributed by atoms with van der Waals surface area (Å²) in [7, 11) is 1.32. The number of methoxy groups -OCH3 is 1. The van der Waals surface area contributed by atoms with Gasteiger partial charge in [-0.2, -0.15) is 10.1 Å². The van der Waals surface area contributed by atoms with Gasteiger partial charge in [0.1, 0.15) is 18.0 Å². The van der Waals surface area contributed by atoms with Crippen molar-refractivity contribution in [3.63, 3.8) is 0 Å². The van der Waals surface area contributed by atoms with Crippen LogP contribution in [0.2, 0.25) is 0 Å². The van der Waals surface area contributed by atoms with Crippen LogP contribution in [-0.4, -0.2) is 38.2 Å². The molecule has 0 radical (unpaired) electrons. The van der Waals surface area contributed by atoms with Gasteiger partial charge in [0.15, 0.2) is 5.82 Å². The van der Waals surface area contributed by atoms with E-state index in [-0.39, 0.29) is 17.6 Å². The Morgan fingerprint density at radius 2 is 1.65 bits per heavy atom. The van der Waals surface area contributed by atoms with Crippen molar-refractivity contribution in [2.45, 2.75) is 0 Å². The second-order valence-corrected chi connectivity index (χ2v) is 6.28. The van der Waals surface area contributed by atoms with E-state index in [4.69, 9.17) is 0 Å². The third-order valence-corrected chi connectivity index (χ3v) is 4.13. The predicted molar refractivity (Wildman–Crippen MR) is 108 cm³/mol. The number of esters is 1. The Morgan fingerprint density at radius 1 is 0.968 bits per heavy atom. The highest BCUT2D eigenvalue weighted by Crippen LogP contribution is 2.22. The van der Waals surface area contributed by atoms with Gasteiger partial charge in [0.05, 0.1) is 18.4 Å². The topological polar surface area (TPSA) is 118 Å². The molecule has 0 bridgehead atoms. The van der Waals surface area contributed by atoms with Crippen molar-refractivity contribution >= 4 is 29.4 Å². The van der Waals surface area contributed by atoms with Crippen LogP contribution in [0, 0.1) is 11.6 Å². The summed E-state index contributed by atoms with van der Waals surface area (Å²) >= 11 is 0. The lowest BCUT2D eigenvalue weighted by Gasteiger charge is -2.06. The fourth-order valence-electron chi connectivity index (χ4n) is 2.72. The summed E-state index contributed by atoms with van der Waals surface area (Å²) in [6, 6.07) is 11.5. The molecule has 2 aromatic carbocycles. The zero-order valence-corrected chi connectivity index (χ0v) is 16.1. The zero-order chi connectivity index (χ0) is 21.8. The fraction of sp³-hybridized carbons (Fsp3) is 0.0500. The third kappa shape index (κ3) is 4.78. The number of benzene rings is 2. The molecule has 4 rings (SSSR count). The number of aromatic nitrogens is 5. The van der Waals surface area contributed by atoms with Crippen LogP contribution >= 0.6 is 0 Å². The van der Waals surface area contributed by atoms with Gasteiger partial charge in [0.2, 0.25) is 11.9 Å². The second kappa shape index (κ2) is 8.53. The molecule has 0 spiro atoms. The normalized spacial score (nSPS) is 10.5. The van der Waals surface area contributed by atoms with E-state index in [0.29, 0.717) is 17.1 Å². The van der Waals surface area contributed by atoms with Gasteiger partial charge in [0.25, 0.3) is 0 Å². The molecule has 156 valence electrons. The van der Waals surface area contributed by atoms with E-state index in [9.17, 15) is 13.6 Å². The summed E-state index contributed by atoms with van der Waals surface area (Å²) in [5.74, 6) is -1.16. The minimum absolute atomic E-state index is 0.0941. The predicted octanol–water partition coefficient (Wildman–Crippen LogP) is 3.81. The summed E-state index contributed by atoms with van der Waals surface area (Å²) in [4.78, 5) is 23.6. The molecular formula is C20H15F2N7O2. The smallest absolute Gasteiger partial charge is 0.337 e. The van der Waals surface area contributed by atoms with Gasteiger partial charge in [-0.15, -0.1) is 0 Å². The molecule has 11 heteroatoms. The van der Waals surface area contributed by atoms with Gasteiger partial charge in [-0.25, -0.2) is 23.5 Å². The summed E-state index contributed by atoms with van der Waals surface area (Å²) in [5.41, 5.74) is 2.10. The lowest BCUT2D eigenvalue weighted by atomic mass is 10.1. The van der Waals surface area contributed by atoms with Gasteiger partial charge in [-0.05, 0) is 29.8 Å². The van der Waals surface area contributed by atoms with E-state index in [0.717, 1.165) is 23.8 Å². The van der Waals surface area contributed by atoms with Crippen LogP contribution in [0.5, 0.6) is 0 Å². The molecule has 0 amide bonds. The number of aromatic amines is 1. The molecule has 31 heavy (non-hydrogen) atoms. The number of rotatable bonds is 6. The van der Waals surface area contributed by atoms with Gasteiger partial charge < -0.3 is 15.4 Å². The molecule has 0 aliphatic carbocycles. The van der Waals surface area contributed by atoms with Gasteiger partial charge >= 0.3 is 5.97 Å². The average Bonchev–Trinajstić information content (AvgIpc) is 3.21. The van der Waals surface area contributed by atoms with Crippen LogP contribution < -0.4 is 10.6 Å². The first kappa shape index (κ1) is 19.9. The van der Waals surface area contributed by atoms with Crippen molar-refractivity contribution in [1.29, 1.82) is 0 Å². The monoisotopic (exact) mass is 423 g/mol. The average molecular weight is 423 g/mol. The largest absolute Gasteiger partial charge is 0.465 e. The summed E-state index contributed by atoms with van der Waals surface area (Å²) in [6.45, 7) is 0. The second-order valence-electron chi connectivity index (χ2n) is 6.28. The van der Waals surface area contributed by atoms with Crippen LogP contribution in [-0.2, 0) is 4.74 Å². The van der Waals surface area contributed by atoms with E-state index in [1.54, 1.807) is 30.3 Å². The number of halogens is 2. The molecule has 9 nitrogen and oxygen atoms in total. The van der Waals surface area contributed by atoms with E-state index in [1.165, 1.54) is 13.4 Å². The maximum absolute atomic E-state index is 13.3. The first-order chi connectivity index (χ1) is 15.0. The van der Waals surface area contributed by atoms with Crippen LogP contribution in [0.1, 0.15) is 10.4 Å². The van der Waals surface area contributed by atoms with Crippen molar-refractivity contribution in [3.8, 4) is 11.3 Å². The van der Waals surface area contributed by atoms with Crippen molar-refractivity contribution in [3.05, 3.63) is 72.1 Å². The molecule has 0 fully saturated rings. The minimum atomic E-state index is -0.724. The lowest BCUT2D eigenvalue weighted by Crippen LogP contribution is -2.03. The van der Waals surface area contributed by atoms with E-state index < -0.39 is 17.6 Å². The van der Waals surface area contributed by atoms with E-state index in [1.807, 2.05) is 0 Å². The van der Waals surface area contributed by atoms with Crippen molar-refractivity contribution < 1.29 is 18.3 Å². The number of nitrogens with zero attached hydrogens (tertiary/aromatic N) is 4. The first-order valence-electron chi connectivity index (χ1n) is 8.93. The van der Waals surface area contributed by atoms with E-state index in [2.05, 4.69) is 40.5 Å². The number of anilines is 4. The number of carbonyl (C=O) groups excluding carboxylic acids is 1. The molecule has 0 aliphatic heterocycles. The number of H-pyrrole nitrogens is 1. The van der Waals surface area contributed by atoms with Crippen LogP contribution in [0.3, 0.4) is 0 Å². The molecule has 0 saturated heterocycles. The Balaban J connectivity index is 1.47. The Labute approximate surface area is 174 Å². The molecule has 0 unspecified atom stereocenters. The SMILES string of the molecule is COC(=O)c1ccc(-c2cc(Nc3ncnc(Nc4cc(F)cc(F)c4)n3)n[nH]2)cc1. The fourth-order valence-corrected chi connectivity index (χ4v) is 2.72. The Morgan fingerprint density at radius 3 is 2.32 bits per heavy atom. The lowest BCUT2D eigenvalue weighted by molar-refractivity contribution is 0.0600. The van der Waals surface area contributed by atoms with E-state index >= 15 is 0 Å². The Kier molecular flexibility index (Phi) is 5.47. The minimum Gasteiger partial charge on any atom is -0.465 e. The third-order valence-electron chi connectivity index (χ3n) is 4.13. The number of hydrogen-bond donors (Lipinski definition) is 3. The van der Waals surface area contributed by atoms with Crippen molar-refractivity contribution in [2.75, 3.05) is 17.7 Å². The Hall–Kier alpha value is -4.41. The number of nitrogens with one attached hydrogen (secondary N) is 3. The van der Waals surface area contributed by atoms with Crippen molar-refractivity contribution in [2.24, 2.45) is 0 Å². The number of ether oxygens (including phenoxy) is 1. The quantitative estimate of drug-likeness (QED) is 0.401. The van der Waals surface area contributed by atoms with Crippen LogP contribution in [0.4, 0.5) is 32.2 Å².